The fourth-order valence-corrected chi connectivity index (χ4v) is 3.07. The molecule has 23 heavy (non-hydrogen) atoms. The first kappa shape index (κ1) is 17.3. The van der Waals surface area contributed by atoms with Crippen molar-refractivity contribution in [1.82, 2.24) is 4.90 Å². The second-order valence-corrected chi connectivity index (χ2v) is 5.92. The second kappa shape index (κ2) is 8.56. The van der Waals surface area contributed by atoms with Gasteiger partial charge in [-0.15, -0.1) is 0 Å². The quantitative estimate of drug-likeness (QED) is 0.839. The average molecular weight is 319 g/mol. The topological polar surface area (TPSA) is 66.8 Å². The fraction of sp³-hybridized carbons (Fsp3) is 0.556. The highest BCUT2D eigenvalue weighted by Gasteiger charge is 2.26. The molecule has 1 aromatic carbocycles. The highest BCUT2D eigenvalue weighted by Crippen LogP contribution is 2.22. The molecule has 1 heterocycles. The molecule has 0 bridgehead atoms. The largest absolute Gasteiger partial charge is 0.494 e. The number of carboxylic acid groups (broad SMARTS) is 1. The molecule has 1 aliphatic heterocycles. The number of piperidine rings is 1. The Kier molecular flexibility index (Phi) is 6.44. The predicted octanol–water partition coefficient (Wildman–Crippen LogP) is 2.87. The van der Waals surface area contributed by atoms with Gasteiger partial charge in [0.1, 0.15) is 5.75 Å². The van der Waals surface area contributed by atoms with Gasteiger partial charge >= 0.3 is 5.97 Å². The van der Waals surface area contributed by atoms with E-state index in [2.05, 4.69) is 0 Å². The third kappa shape index (κ3) is 5.27. The summed E-state index contributed by atoms with van der Waals surface area (Å²) in [4.78, 5) is 25.2. The Hall–Kier alpha value is -2.04. The highest BCUT2D eigenvalue weighted by atomic mass is 16.5. The zero-order valence-electron chi connectivity index (χ0n) is 13.7. The molecule has 1 fully saturated rings. The molecule has 0 aromatic heterocycles. The Morgan fingerprint density at radius 2 is 2.00 bits per heavy atom. The summed E-state index contributed by atoms with van der Waals surface area (Å²) in [7, 11) is 0. The van der Waals surface area contributed by atoms with Crippen LogP contribution in [0.25, 0.3) is 0 Å². The van der Waals surface area contributed by atoms with E-state index < -0.39 is 5.97 Å². The first-order chi connectivity index (χ1) is 11.1. The number of aliphatic carboxylic acids is 1. The summed E-state index contributed by atoms with van der Waals surface area (Å²) in [5, 5.41) is 8.86. The number of nitrogens with zero attached hydrogens (tertiary/aromatic N) is 1. The Balaban J connectivity index is 1.95. The zero-order chi connectivity index (χ0) is 16.7. The van der Waals surface area contributed by atoms with Crippen LogP contribution in [0.4, 0.5) is 0 Å². The Bertz CT molecular complexity index is 526. The van der Waals surface area contributed by atoms with Gasteiger partial charge in [-0.05, 0) is 50.3 Å². The van der Waals surface area contributed by atoms with Gasteiger partial charge in [0.25, 0.3) is 0 Å². The van der Waals surface area contributed by atoms with E-state index in [0.29, 0.717) is 19.4 Å². The minimum absolute atomic E-state index is 0.0649. The maximum absolute atomic E-state index is 12.6. The van der Waals surface area contributed by atoms with E-state index in [0.717, 1.165) is 37.1 Å². The molecule has 0 saturated carbocycles. The number of rotatable bonds is 7. The number of amides is 1. The van der Waals surface area contributed by atoms with Crippen LogP contribution in [0.5, 0.6) is 5.75 Å². The van der Waals surface area contributed by atoms with Gasteiger partial charge in [-0.2, -0.15) is 0 Å². The average Bonchev–Trinajstić information content (AvgIpc) is 2.55. The maximum atomic E-state index is 12.6. The van der Waals surface area contributed by atoms with Crippen molar-refractivity contribution in [2.24, 2.45) is 0 Å². The monoisotopic (exact) mass is 319 g/mol. The molecule has 0 aliphatic carbocycles. The van der Waals surface area contributed by atoms with Gasteiger partial charge in [-0.25, -0.2) is 0 Å². The number of carbonyl (C=O) groups is 2. The van der Waals surface area contributed by atoms with E-state index in [4.69, 9.17) is 9.84 Å². The molecule has 1 saturated heterocycles. The predicted molar refractivity (Wildman–Crippen MR) is 87.5 cm³/mol. The molecule has 1 amide bonds. The van der Waals surface area contributed by atoms with Crippen LogP contribution in [-0.2, 0) is 16.0 Å². The summed E-state index contributed by atoms with van der Waals surface area (Å²) < 4.78 is 5.40. The summed E-state index contributed by atoms with van der Waals surface area (Å²) in [6, 6.07) is 7.65. The van der Waals surface area contributed by atoms with Gasteiger partial charge < -0.3 is 14.7 Å². The van der Waals surface area contributed by atoms with E-state index in [-0.39, 0.29) is 18.4 Å². The normalized spacial score (nSPS) is 17.8. The van der Waals surface area contributed by atoms with Crippen molar-refractivity contribution >= 4 is 11.9 Å². The van der Waals surface area contributed by atoms with Crippen LogP contribution in [0, 0.1) is 0 Å². The number of hydrogen-bond acceptors (Lipinski definition) is 3. The lowest BCUT2D eigenvalue weighted by atomic mass is 9.97. The molecular formula is C18H25NO4. The lowest BCUT2D eigenvalue weighted by Gasteiger charge is -2.35. The number of carbonyl (C=O) groups excluding carboxylic acids is 1. The molecule has 5 nitrogen and oxygen atoms in total. The number of ether oxygens (including phenoxy) is 1. The van der Waals surface area contributed by atoms with E-state index in [1.54, 1.807) is 0 Å². The minimum Gasteiger partial charge on any atom is -0.494 e. The Morgan fingerprint density at radius 3 is 2.65 bits per heavy atom. The lowest BCUT2D eigenvalue weighted by Crippen LogP contribution is -2.44. The van der Waals surface area contributed by atoms with Crippen molar-refractivity contribution in [3.05, 3.63) is 29.8 Å². The molecule has 1 aliphatic rings. The van der Waals surface area contributed by atoms with Crippen LogP contribution in [-0.4, -0.2) is 41.1 Å². The molecule has 0 spiro atoms. The summed E-state index contributed by atoms with van der Waals surface area (Å²) in [6.07, 6.45) is 4.00. The first-order valence-electron chi connectivity index (χ1n) is 8.33. The highest BCUT2D eigenvalue weighted by molar-refractivity contribution is 5.79. The third-order valence-electron chi connectivity index (χ3n) is 4.23. The van der Waals surface area contributed by atoms with Crippen molar-refractivity contribution in [3.63, 3.8) is 0 Å². The number of hydrogen-bond donors (Lipinski definition) is 1. The number of carboxylic acids is 1. The Morgan fingerprint density at radius 1 is 1.26 bits per heavy atom. The number of likely N-dealkylation sites (tertiary alicyclic amines) is 1. The summed E-state index contributed by atoms with van der Waals surface area (Å²) in [6.45, 7) is 3.29. The molecule has 0 radical (unpaired) electrons. The third-order valence-corrected chi connectivity index (χ3v) is 4.23. The zero-order valence-corrected chi connectivity index (χ0v) is 13.7. The van der Waals surface area contributed by atoms with Crippen LogP contribution in [0.15, 0.2) is 24.3 Å². The summed E-state index contributed by atoms with van der Waals surface area (Å²) in [5.41, 5.74) is 0.959. The van der Waals surface area contributed by atoms with Gasteiger partial charge in [0.2, 0.25) is 5.91 Å². The van der Waals surface area contributed by atoms with E-state index in [1.165, 1.54) is 0 Å². The van der Waals surface area contributed by atoms with Crippen LogP contribution in [0.3, 0.4) is 0 Å². The molecule has 5 heteroatoms. The van der Waals surface area contributed by atoms with Crippen LogP contribution < -0.4 is 4.74 Å². The second-order valence-electron chi connectivity index (χ2n) is 5.92. The van der Waals surface area contributed by atoms with Crippen LogP contribution >= 0.6 is 0 Å². The molecular weight excluding hydrogens is 294 g/mol. The standard InChI is InChI=1S/C18H25NO4/c1-2-23-16-9-6-14(7-10-16)13-17(20)19-12-4-3-5-15(19)8-11-18(21)22/h6-7,9-10,15H,2-5,8,11-13H2,1H3,(H,21,22)/t15-/m1/s1. The maximum Gasteiger partial charge on any atom is 0.303 e. The molecule has 1 N–H and O–H groups in total. The van der Waals surface area contributed by atoms with E-state index >= 15 is 0 Å². The lowest BCUT2D eigenvalue weighted by molar-refractivity contribution is -0.139. The number of benzene rings is 1. The SMILES string of the molecule is CCOc1ccc(CC(=O)N2CCCC[C@@H]2CCC(=O)O)cc1. The fourth-order valence-electron chi connectivity index (χ4n) is 3.07. The van der Waals surface area contributed by atoms with Crippen molar-refractivity contribution in [1.29, 1.82) is 0 Å². The smallest absolute Gasteiger partial charge is 0.303 e. The molecule has 1 aromatic rings. The minimum atomic E-state index is -0.797. The molecule has 126 valence electrons. The van der Waals surface area contributed by atoms with Crippen LogP contribution in [0.2, 0.25) is 0 Å². The van der Waals surface area contributed by atoms with E-state index in [9.17, 15) is 9.59 Å². The van der Waals surface area contributed by atoms with Crippen molar-refractivity contribution in [3.8, 4) is 5.75 Å². The van der Waals surface area contributed by atoms with Gasteiger partial charge in [-0.3, -0.25) is 9.59 Å². The van der Waals surface area contributed by atoms with Crippen molar-refractivity contribution in [2.45, 2.75) is 51.5 Å². The molecule has 0 unspecified atom stereocenters. The Labute approximate surface area is 137 Å². The molecule has 2 rings (SSSR count). The molecule has 1 atom stereocenters. The first-order valence-corrected chi connectivity index (χ1v) is 8.33. The summed E-state index contributed by atoms with van der Waals surface area (Å²) in [5.74, 6) is 0.0970. The van der Waals surface area contributed by atoms with Gasteiger partial charge in [0, 0.05) is 19.0 Å². The van der Waals surface area contributed by atoms with E-state index in [1.807, 2.05) is 36.1 Å². The van der Waals surface area contributed by atoms with Crippen molar-refractivity contribution < 1.29 is 19.4 Å². The van der Waals surface area contributed by atoms with Gasteiger partial charge in [0.15, 0.2) is 0 Å². The van der Waals surface area contributed by atoms with Gasteiger partial charge in [0.05, 0.1) is 13.0 Å². The summed E-state index contributed by atoms with van der Waals surface area (Å²) >= 11 is 0. The van der Waals surface area contributed by atoms with Crippen LogP contribution in [0.1, 0.15) is 44.6 Å². The van der Waals surface area contributed by atoms with Crippen molar-refractivity contribution in [2.75, 3.05) is 13.2 Å². The van der Waals surface area contributed by atoms with Gasteiger partial charge in [-0.1, -0.05) is 12.1 Å².